The summed E-state index contributed by atoms with van der Waals surface area (Å²) in [5.74, 6) is 1.09. The monoisotopic (exact) mass is 367 g/mol. The van der Waals surface area contributed by atoms with Gasteiger partial charge in [-0.05, 0) is 43.0 Å². The number of rotatable bonds is 5. The normalized spacial score (nSPS) is 13.9. The predicted octanol–water partition coefficient (Wildman–Crippen LogP) is 5.52. The molecule has 4 nitrogen and oxygen atoms in total. The molecular formula is C16H15Cl2N3OS. The molecule has 2 atom stereocenters. The lowest BCUT2D eigenvalue weighted by Gasteiger charge is -2.19. The Labute approximate surface area is 148 Å². The van der Waals surface area contributed by atoms with Crippen LogP contribution in [0.3, 0.4) is 0 Å². The minimum absolute atomic E-state index is 0.0202. The molecule has 1 aromatic carbocycles. The van der Waals surface area contributed by atoms with E-state index in [2.05, 4.69) is 15.5 Å². The van der Waals surface area contributed by atoms with Crippen molar-refractivity contribution in [1.29, 1.82) is 0 Å². The Morgan fingerprint density at radius 3 is 2.65 bits per heavy atom. The summed E-state index contributed by atoms with van der Waals surface area (Å²) in [6.07, 6.45) is 0. The van der Waals surface area contributed by atoms with Gasteiger partial charge >= 0.3 is 0 Å². The fourth-order valence-corrected chi connectivity index (χ4v) is 3.51. The number of hydrogen-bond donors (Lipinski definition) is 1. The van der Waals surface area contributed by atoms with Gasteiger partial charge in [-0.25, -0.2) is 0 Å². The van der Waals surface area contributed by atoms with Crippen LogP contribution < -0.4 is 5.32 Å². The average molecular weight is 368 g/mol. The van der Waals surface area contributed by atoms with Crippen LogP contribution in [0, 0.1) is 0 Å². The average Bonchev–Trinajstić information content (AvgIpc) is 3.18. The first-order valence-corrected chi connectivity index (χ1v) is 8.76. The molecule has 23 heavy (non-hydrogen) atoms. The maximum atomic E-state index is 6.25. The van der Waals surface area contributed by atoms with Crippen LogP contribution in [0.25, 0.3) is 10.8 Å². The molecule has 3 rings (SSSR count). The largest absolute Gasteiger partial charge is 0.418 e. The second-order valence-corrected chi connectivity index (χ2v) is 6.99. The van der Waals surface area contributed by atoms with E-state index in [-0.39, 0.29) is 12.1 Å². The third-order valence-electron chi connectivity index (χ3n) is 3.47. The molecule has 0 aliphatic carbocycles. The highest BCUT2D eigenvalue weighted by atomic mass is 35.5. The number of hydrogen-bond acceptors (Lipinski definition) is 5. The van der Waals surface area contributed by atoms with Crippen molar-refractivity contribution in [1.82, 2.24) is 15.5 Å². The molecular weight excluding hydrogens is 353 g/mol. The van der Waals surface area contributed by atoms with Gasteiger partial charge in [0.1, 0.15) is 0 Å². The van der Waals surface area contributed by atoms with Crippen LogP contribution in [0.2, 0.25) is 10.0 Å². The van der Waals surface area contributed by atoms with Gasteiger partial charge in [0.25, 0.3) is 5.89 Å². The number of thiophene rings is 1. The van der Waals surface area contributed by atoms with Crippen molar-refractivity contribution < 1.29 is 4.42 Å². The maximum absolute atomic E-state index is 6.25. The van der Waals surface area contributed by atoms with Crippen LogP contribution >= 0.6 is 34.5 Å². The van der Waals surface area contributed by atoms with E-state index in [1.807, 2.05) is 43.5 Å². The molecule has 0 saturated heterocycles. The summed E-state index contributed by atoms with van der Waals surface area (Å²) in [6, 6.07) is 9.31. The third kappa shape index (κ3) is 3.75. The van der Waals surface area contributed by atoms with Crippen LogP contribution in [0.5, 0.6) is 0 Å². The standard InChI is InChI=1S/C16H15Cl2N3OS/c1-9(12-6-5-11(17)8-13(12)18)19-10(2)15-20-21-16(22-15)14-4-3-7-23-14/h3-10,19H,1-2H3/t9-,10-/m0/s1. The van der Waals surface area contributed by atoms with Crippen LogP contribution in [0.15, 0.2) is 40.1 Å². The second-order valence-electron chi connectivity index (χ2n) is 5.20. The highest BCUT2D eigenvalue weighted by Gasteiger charge is 2.19. The Kier molecular flexibility index (Phi) is 5.02. The van der Waals surface area contributed by atoms with Gasteiger partial charge in [0.2, 0.25) is 5.89 Å². The molecule has 0 unspecified atom stereocenters. The van der Waals surface area contributed by atoms with Crippen molar-refractivity contribution in [2.45, 2.75) is 25.9 Å². The maximum Gasteiger partial charge on any atom is 0.257 e. The first kappa shape index (κ1) is 16.5. The number of aromatic nitrogens is 2. The molecule has 2 heterocycles. The molecule has 1 N–H and O–H groups in total. The number of nitrogens with zero attached hydrogens (tertiary/aromatic N) is 2. The summed E-state index contributed by atoms with van der Waals surface area (Å²) in [7, 11) is 0. The first-order valence-electron chi connectivity index (χ1n) is 7.13. The van der Waals surface area contributed by atoms with Crippen molar-refractivity contribution in [2.24, 2.45) is 0 Å². The lowest BCUT2D eigenvalue weighted by Crippen LogP contribution is -2.23. The zero-order valence-electron chi connectivity index (χ0n) is 12.6. The van der Waals surface area contributed by atoms with E-state index >= 15 is 0 Å². The van der Waals surface area contributed by atoms with E-state index in [4.69, 9.17) is 27.6 Å². The van der Waals surface area contributed by atoms with Gasteiger partial charge in [0.05, 0.1) is 10.9 Å². The van der Waals surface area contributed by atoms with Crippen molar-refractivity contribution in [3.63, 3.8) is 0 Å². The molecule has 0 spiro atoms. The smallest absolute Gasteiger partial charge is 0.257 e. The van der Waals surface area contributed by atoms with E-state index in [1.54, 1.807) is 17.4 Å². The summed E-state index contributed by atoms with van der Waals surface area (Å²) in [5.41, 5.74) is 0.973. The molecule has 2 aromatic heterocycles. The lowest BCUT2D eigenvalue weighted by molar-refractivity contribution is 0.395. The Bertz CT molecular complexity index is 788. The Morgan fingerprint density at radius 1 is 1.13 bits per heavy atom. The summed E-state index contributed by atoms with van der Waals surface area (Å²) in [4.78, 5) is 0.963. The van der Waals surface area contributed by atoms with Crippen LogP contribution in [0.1, 0.15) is 37.4 Å². The molecule has 0 aliphatic heterocycles. The van der Waals surface area contributed by atoms with Crippen LogP contribution in [0.4, 0.5) is 0 Å². The van der Waals surface area contributed by atoms with E-state index < -0.39 is 0 Å². The molecule has 0 fully saturated rings. The van der Waals surface area contributed by atoms with Gasteiger partial charge in [0.15, 0.2) is 0 Å². The minimum atomic E-state index is -0.0991. The van der Waals surface area contributed by atoms with Crippen molar-refractivity contribution in [3.8, 4) is 10.8 Å². The molecule has 0 radical (unpaired) electrons. The van der Waals surface area contributed by atoms with Crippen molar-refractivity contribution in [2.75, 3.05) is 0 Å². The minimum Gasteiger partial charge on any atom is -0.418 e. The molecule has 3 aromatic rings. The molecule has 7 heteroatoms. The lowest BCUT2D eigenvalue weighted by atomic mass is 10.1. The molecule has 0 saturated carbocycles. The Morgan fingerprint density at radius 2 is 1.96 bits per heavy atom. The summed E-state index contributed by atoms with van der Waals surface area (Å²) in [5, 5.41) is 14.9. The van der Waals surface area contributed by atoms with Gasteiger partial charge in [-0.15, -0.1) is 21.5 Å². The quantitative estimate of drug-likeness (QED) is 0.645. The number of benzene rings is 1. The summed E-state index contributed by atoms with van der Waals surface area (Å²) >= 11 is 13.8. The van der Waals surface area contributed by atoms with Crippen molar-refractivity contribution in [3.05, 3.63) is 57.2 Å². The summed E-state index contributed by atoms with van der Waals surface area (Å²) < 4.78 is 5.75. The number of halogens is 2. The zero-order valence-corrected chi connectivity index (χ0v) is 14.9. The Hall–Kier alpha value is -1.40. The van der Waals surface area contributed by atoms with Gasteiger partial charge in [0, 0.05) is 16.1 Å². The topological polar surface area (TPSA) is 51.0 Å². The summed E-state index contributed by atoms with van der Waals surface area (Å²) in [6.45, 7) is 4.01. The van der Waals surface area contributed by atoms with Gasteiger partial charge in [-0.2, -0.15) is 0 Å². The van der Waals surface area contributed by atoms with Gasteiger partial charge in [-0.1, -0.05) is 35.3 Å². The second kappa shape index (κ2) is 7.01. The predicted molar refractivity (Wildman–Crippen MR) is 94.0 cm³/mol. The highest BCUT2D eigenvalue weighted by Crippen LogP contribution is 2.29. The van der Waals surface area contributed by atoms with Gasteiger partial charge in [-0.3, -0.25) is 5.32 Å². The van der Waals surface area contributed by atoms with E-state index in [0.29, 0.717) is 21.8 Å². The third-order valence-corrected chi connectivity index (χ3v) is 4.89. The Balaban J connectivity index is 1.72. The highest BCUT2D eigenvalue weighted by molar-refractivity contribution is 7.13. The van der Waals surface area contributed by atoms with Crippen LogP contribution in [-0.2, 0) is 0 Å². The SMILES string of the molecule is C[C@H](N[C@@H](C)c1ccc(Cl)cc1Cl)c1nnc(-c2cccs2)o1. The van der Waals surface area contributed by atoms with Gasteiger partial charge < -0.3 is 4.42 Å². The first-order chi connectivity index (χ1) is 11.0. The molecule has 120 valence electrons. The van der Waals surface area contributed by atoms with E-state index in [0.717, 1.165) is 10.4 Å². The van der Waals surface area contributed by atoms with E-state index in [9.17, 15) is 0 Å². The van der Waals surface area contributed by atoms with E-state index in [1.165, 1.54) is 0 Å². The zero-order chi connectivity index (χ0) is 16.4. The van der Waals surface area contributed by atoms with Crippen molar-refractivity contribution >= 4 is 34.5 Å². The fourth-order valence-electron chi connectivity index (χ4n) is 2.30. The number of nitrogens with one attached hydrogen (secondary N) is 1. The van der Waals surface area contributed by atoms with Crippen LogP contribution in [-0.4, -0.2) is 10.2 Å². The fraction of sp³-hybridized carbons (Fsp3) is 0.250. The molecule has 0 amide bonds. The molecule has 0 bridgehead atoms. The molecule has 0 aliphatic rings.